The summed E-state index contributed by atoms with van der Waals surface area (Å²) in [6.45, 7) is 2.96. The van der Waals surface area contributed by atoms with Crippen LogP contribution >= 0.6 is 0 Å². The highest BCUT2D eigenvalue weighted by molar-refractivity contribution is 6.25. The number of carbonyl (C=O) groups excluding carboxylic acids is 4. The van der Waals surface area contributed by atoms with Crippen LogP contribution in [0.4, 0.5) is 11.4 Å². The number of imidazole rings is 1. The molecule has 5 rings (SSSR count). The van der Waals surface area contributed by atoms with Crippen LogP contribution in [0.15, 0.2) is 54.9 Å². The second-order valence-corrected chi connectivity index (χ2v) is 8.33. The molecule has 9 nitrogen and oxygen atoms in total. The van der Waals surface area contributed by atoms with Crippen molar-refractivity contribution in [3.05, 3.63) is 66.0 Å². The van der Waals surface area contributed by atoms with E-state index in [0.29, 0.717) is 5.69 Å². The van der Waals surface area contributed by atoms with E-state index in [0.717, 1.165) is 34.9 Å². The highest BCUT2D eigenvalue weighted by Crippen LogP contribution is 2.34. The number of hydrogen-bond acceptors (Lipinski definition) is 6. The Hall–Kier alpha value is -4.27. The summed E-state index contributed by atoms with van der Waals surface area (Å²) in [7, 11) is 0. The number of imide groups is 2. The molecule has 0 saturated carbocycles. The third-order valence-corrected chi connectivity index (χ3v) is 6.05. The zero-order valence-corrected chi connectivity index (χ0v) is 18.6. The lowest BCUT2D eigenvalue weighted by molar-refractivity contribution is -0.136. The fraction of sp³-hybridized carbons (Fsp3) is 0.240. The highest BCUT2D eigenvalue weighted by Gasteiger charge is 2.45. The first-order valence-corrected chi connectivity index (χ1v) is 11.2. The third kappa shape index (κ3) is 3.64. The maximum Gasteiger partial charge on any atom is 0.264 e. The van der Waals surface area contributed by atoms with Crippen molar-refractivity contribution < 1.29 is 19.2 Å². The fourth-order valence-corrected chi connectivity index (χ4v) is 4.50. The van der Waals surface area contributed by atoms with E-state index < -0.39 is 29.7 Å². The molecule has 0 bridgehead atoms. The number of nitrogens with zero attached hydrogens (tertiary/aromatic N) is 3. The van der Waals surface area contributed by atoms with Crippen LogP contribution in [0, 0.1) is 0 Å². The van der Waals surface area contributed by atoms with Gasteiger partial charge in [0.2, 0.25) is 11.8 Å². The van der Waals surface area contributed by atoms with Gasteiger partial charge in [-0.2, -0.15) is 0 Å². The number of fused-ring (bicyclic) bond motifs is 1. The number of anilines is 2. The molecule has 0 radical (unpaired) electrons. The van der Waals surface area contributed by atoms with E-state index in [1.165, 1.54) is 0 Å². The molecule has 2 aliphatic heterocycles. The molecular formula is C25H23N5O4. The average molecular weight is 457 g/mol. The molecule has 2 aliphatic rings. The molecule has 1 fully saturated rings. The van der Waals surface area contributed by atoms with Gasteiger partial charge in [0.05, 0.1) is 16.8 Å². The van der Waals surface area contributed by atoms with Crippen LogP contribution in [0.1, 0.15) is 46.9 Å². The minimum Gasteiger partial charge on any atom is -0.355 e. The molecule has 34 heavy (non-hydrogen) atoms. The molecule has 0 aliphatic carbocycles. The van der Waals surface area contributed by atoms with Crippen LogP contribution < -0.4 is 10.6 Å². The Morgan fingerprint density at radius 3 is 2.71 bits per heavy atom. The quantitative estimate of drug-likeness (QED) is 0.550. The Morgan fingerprint density at radius 1 is 1.09 bits per heavy atom. The van der Waals surface area contributed by atoms with Gasteiger partial charge in [0, 0.05) is 36.6 Å². The van der Waals surface area contributed by atoms with E-state index in [2.05, 4.69) is 27.1 Å². The molecule has 172 valence electrons. The van der Waals surface area contributed by atoms with Gasteiger partial charge in [-0.1, -0.05) is 25.1 Å². The topological polar surface area (TPSA) is 113 Å². The number of benzene rings is 2. The molecule has 0 spiro atoms. The van der Waals surface area contributed by atoms with Gasteiger partial charge in [-0.15, -0.1) is 0 Å². The minimum absolute atomic E-state index is 0.0789. The Bertz CT molecular complexity index is 1330. The predicted molar refractivity (Wildman–Crippen MR) is 124 cm³/mol. The molecule has 3 heterocycles. The lowest BCUT2D eigenvalue weighted by Crippen LogP contribution is -2.54. The van der Waals surface area contributed by atoms with Gasteiger partial charge in [-0.25, -0.2) is 4.98 Å². The molecule has 1 unspecified atom stereocenters. The van der Waals surface area contributed by atoms with Crippen molar-refractivity contribution in [2.75, 3.05) is 5.32 Å². The Kier molecular flexibility index (Phi) is 5.45. The number of amides is 4. The minimum atomic E-state index is -1.00. The number of piperidine rings is 1. The van der Waals surface area contributed by atoms with Gasteiger partial charge < -0.3 is 9.88 Å². The van der Waals surface area contributed by atoms with Crippen molar-refractivity contribution in [1.82, 2.24) is 19.8 Å². The molecular weight excluding hydrogens is 434 g/mol. The summed E-state index contributed by atoms with van der Waals surface area (Å²) in [6.07, 6.45) is 4.89. The van der Waals surface area contributed by atoms with E-state index in [1.807, 2.05) is 30.5 Å². The van der Waals surface area contributed by atoms with Gasteiger partial charge >= 0.3 is 0 Å². The normalized spacial score (nSPS) is 17.7. The summed E-state index contributed by atoms with van der Waals surface area (Å²) < 4.78 is 2.08. The number of nitrogens with one attached hydrogen (secondary N) is 2. The predicted octanol–water partition coefficient (Wildman–Crippen LogP) is 3.10. The van der Waals surface area contributed by atoms with Crippen molar-refractivity contribution in [2.45, 2.75) is 38.8 Å². The zero-order chi connectivity index (χ0) is 23.8. The number of rotatable bonds is 6. The van der Waals surface area contributed by atoms with Crippen LogP contribution in [-0.4, -0.2) is 44.1 Å². The lowest BCUT2D eigenvalue weighted by Gasteiger charge is -2.27. The first kappa shape index (κ1) is 21.6. The summed E-state index contributed by atoms with van der Waals surface area (Å²) in [6, 6.07) is 11.7. The first-order chi connectivity index (χ1) is 16.5. The molecule has 3 aromatic rings. The van der Waals surface area contributed by atoms with Gasteiger partial charge in [0.15, 0.2) is 0 Å². The average Bonchev–Trinajstić information content (AvgIpc) is 3.38. The SMILES string of the molecule is CCCn1ccnc1-c1cccc(Nc2cccc3c2C(=O)N(C2CCC(=O)NC2=O)C3=O)c1. The monoisotopic (exact) mass is 457 g/mol. The van der Waals surface area contributed by atoms with Crippen LogP contribution in [0.5, 0.6) is 0 Å². The summed E-state index contributed by atoms with van der Waals surface area (Å²) in [5.41, 5.74) is 2.57. The van der Waals surface area contributed by atoms with Crippen molar-refractivity contribution in [3.8, 4) is 11.4 Å². The van der Waals surface area contributed by atoms with Gasteiger partial charge in [-0.05, 0) is 37.1 Å². The number of aromatic nitrogens is 2. The second kappa shape index (κ2) is 8.58. The Morgan fingerprint density at radius 2 is 1.91 bits per heavy atom. The molecule has 2 aromatic carbocycles. The van der Waals surface area contributed by atoms with E-state index in [9.17, 15) is 19.2 Å². The standard InChI is InChI=1S/C25H23N5O4/c1-2-12-29-13-11-26-22(29)15-5-3-6-16(14-15)27-18-8-4-7-17-21(18)25(34)30(24(17)33)19-9-10-20(31)28-23(19)32/h3-8,11,13-14,19,27H,2,9-10,12H2,1H3,(H,28,31,32). The molecule has 1 aromatic heterocycles. The number of aryl methyl sites for hydroxylation is 1. The van der Waals surface area contributed by atoms with Gasteiger partial charge in [0.25, 0.3) is 11.8 Å². The van der Waals surface area contributed by atoms with Crippen LogP contribution in [0.3, 0.4) is 0 Å². The maximum absolute atomic E-state index is 13.3. The highest BCUT2D eigenvalue weighted by atomic mass is 16.2. The summed E-state index contributed by atoms with van der Waals surface area (Å²) in [5, 5.41) is 5.47. The molecule has 2 N–H and O–H groups in total. The molecule has 9 heteroatoms. The van der Waals surface area contributed by atoms with Crippen molar-refractivity contribution in [1.29, 1.82) is 0 Å². The van der Waals surface area contributed by atoms with E-state index in [1.54, 1.807) is 24.4 Å². The fourth-order valence-electron chi connectivity index (χ4n) is 4.50. The van der Waals surface area contributed by atoms with Crippen molar-refractivity contribution in [3.63, 3.8) is 0 Å². The lowest BCUT2D eigenvalue weighted by atomic mass is 10.0. The molecule has 1 saturated heterocycles. The van der Waals surface area contributed by atoms with Gasteiger partial charge in [0.1, 0.15) is 11.9 Å². The zero-order valence-electron chi connectivity index (χ0n) is 18.6. The second-order valence-electron chi connectivity index (χ2n) is 8.33. The van der Waals surface area contributed by atoms with E-state index in [-0.39, 0.29) is 24.0 Å². The van der Waals surface area contributed by atoms with Crippen molar-refractivity contribution >= 4 is 35.0 Å². The number of carbonyl (C=O) groups is 4. The summed E-state index contributed by atoms with van der Waals surface area (Å²) in [4.78, 5) is 55.6. The Labute approximate surface area is 195 Å². The van der Waals surface area contributed by atoms with Crippen LogP contribution in [0.25, 0.3) is 11.4 Å². The summed E-state index contributed by atoms with van der Waals surface area (Å²) in [5.74, 6) is -1.27. The summed E-state index contributed by atoms with van der Waals surface area (Å²) >= 11 is 0. The number of hydrogen-bond donors (Lipinski definition) is 2. The Balaban J connectivity index is 1.45. The van der Waals surface area contributed by atoms with Crippen LogP contribution in [0.2, 0.25) is 0 Å². The third-order valence-electron chi connectivity index (χ3n) is 6.05. The van der Waals surface area contributed by atoms with E-state index >= 15 is 0 Å². The van der Waals surface area contributed by atoms with E-state index in [4.69, 9.17) is 0 Å². The van der Waals surface area contributed by atoms with Crippen LogP contribution in [-0.2, 0) is 16.1 Å². The molecule has 1 atom stereocenters. The molecule has 4 amide bonds. The first-order valence-electron chi connectivity index (χ1n) is 11.2. The maximum atomic E-state index is 13.3. The smallest absolute Gasteiger partial charge is 0.264 e. The van der Waals surface area contributed by atoms with Crippen molar-refractivity contribution in [2.24, 2.45) is 0 Å². The van der Waals surface area contributed by atoms with Gasteiger partial charge in [-0.3, -0.25) is 29.4 Å². The largest absolute Gasteiger partial charge is 0.355 e.